The van der Waals surface area contributed by atoms with Gasteiger partial charge in [-0.1, -0.05) is 0 Å². The Labute approximate surface area is 146 Å². The van der Waals surface area contributed by atoms with Crippen molar-refractivity contribution in [1.82, 2.24) is 9.97 Å². The Hall–Kier alpha value is -1.71. The minimum Gasteiger partial charge on any atom is -0.378 e. The van der Waals surface area contributed by atoms with Crippen molar-refractivity contribution in [3.05, 3.63) is 28.9 Å². The van der Waals surface area contributed by atoms with Crippen molar-refractivity contribution in [2.45, 2.75) is 0 Å². The standard InChI is InChI=1S/C14H15BrN6OS/c15-9-7-11-10(18-8-9)1-2-12(19-11)20-13(16)23-14(17)21-3-5-22-6-4-21/h1-2,7-8,17H,3-6H2,(H2,16,19,20)/p+1. The number of pyridine rings is 2. The summed E-state index contributed by atoms with van der Waals surface area (Å²) in [4.78, 5) is 13.0. The molecule has 120 valence electrons. The number of aromatic nitrogens is 2. The number of ether oxygens (including phenoxy) is 1. The molecule has 0 saturated carbocycles. The van der Waals surface area contributed by atoms with E-state index in [1.54, 1.807) is 12.3 Å². The van der Waals surface area contributed by atoms with E-state index in [4.69, 9.17) is 16.2 Å². The molecule has 0 aromatic carbocycles. The maximum Gasteiger partial charge on any atom is 0.312 e. The second-order valence-corrected chi connectivity index (χ2v) is 6.81. The van der Waals surface area contributed by atoms with Gasteiger partial charge in [0.1, 0.15) is 13.1 Å². The first-order valence-corrected chi connectivity index (χ1v) is 8.62. The number of hydrogen-bond donors (Lipinski definition) is 2. The van der Waals surface area contributed by atoms with Gasteiger partial charge in [0.2, 0.25) is 0 Å². The molecule has 1 saturated heterocycles. The molecule has 0 radical (unpaired) electrons. The van der Waals surface area contributed by atoms with Crippen LogP contribution in [0.5, 0.6) is 0 Å². The molecule has 4 N–H and O–H groups in total. The van der Waals surface area contributed by atoms with E-state index in [1.807, 2.05) is 16.7 Å². The minimum atomic E-state index is 0.351. The van der Waals surface area contributed by atoms with Gasteiger partial charge in [0.15, 0.2) is 11.0 Å². The van der Waals surface area contributed by atoms with Crippen molar-refractivity contribution in [3.63, 3.8) is 0 Å². The van der Waals surface area contributed by atoms with Crippen LogP contribution in [-0.2, 0) is 4.74 Å². The molecule has 3 heterocycles. The predicted molar refractivity (Wildman–Crippen MR) is 96.1 cm³/mol. The summed E-state index contributed by atoms with van der Waals surface area (Å²) in [7, 11) is 0. The van der Waals surface area contributed by atoms with Crippen LogP contribution in [0, 0.1) is 0 Å². The third kappa shape index (κ3) is 4.18. The molecular formula is C14H16BrN6OS+. The number of morpholine rings is 1. The molecule has 0 atom stereocenters. The van der Waals surface area contributed by atoms with Gasteiger partial charge >= 0.3 is 5.17 Å². The number of aliphatic imine (C=N–C) groups is 1. The highest BCUT2D eigenvalue weighted by Gasteiger charge is 2.15. The molecule has 3 rings (SSSR count). The van der Waals surface area contributed by atoms with E-state index in [0.717, 1.165) is 28.6 Å². The van der Waals surface area contributed by atoms with Crippen molar-refractivity contribution < 1.29 is 9.31 Å². The number of hydrogen-bond acceptors (Lipinski definition) is 5. The smallest absolute Gasteiger partial charge is 0.312 e. The summed E-state index contributed by atoms with van der Waals surface area (Å²) in [5, 5.41) is 0.976. The molecule has 1 aliphatic heterocycles. The first kappa shape index (κ1) is 16.2. The van der Waals surface area contributed by atoms with E-state index in [9.17, 15) is 0 Å². The number of nitrogens with zero attached hydrogens (tertiary/aromatic N) is 4. The Morgan fingerprint density at radius 2 is 2.04 bits per heavy atom. The van der Waals surface area contributed by atoms with E-state index < -0.39 is 0 Å². The average Bonchev–Trinajstić information content (AvgIpc) is 2.55. The van der Waals surface area contributed by atoms with Crippen molar-refractivity contribution in [1.29, 1.82) is 0 Å². The lowest BCUT2D eigenvalue weighted by Gasteiger charge is -2.14. The zero-order valence-electron chi connectivity index (χ0n) is 12.3. The summed E-state index contributed by atoms with van der Waals surface area (Å²) < 4.78 is 8.20. The van der Waals surface area contributed by atoms with Crippen molar-refractivity contribution in [2.75, 3.05) is 26.3 Å². The summed E-state index contributed by atoms with van der Waals surface area (Å²) in [5.41, 5.74) is 13.6. The van der Waals surface area contributed by atoms with Gasteiger partial charge in [-0.3, -0.25) is 15.3 Å². The van der Waals surface area contributed by atoms with E-state index in [-0.39, 0.29) is 0 Å². The van der Waals surface area contributed by atoms with Gasteiger partial charge in [-0.05, 0) is 34.1 Å². The Balaban J connectivity index is 1.80. The second-order valence-electron chi connectivity index (χ2n) is 4.85. The molecule has 7 nitrogen and oxygen atoms in total. The van der Waals surface area contributed by atoms with Gasteiger partial charge < -0.3 is 10.5 Å². The molecule has 1 fully saturated rings. The van der Waals surface area contributed by atoms with Gasteiger partial charge in [-0.15, -0.1) is 0 Å². The molecule has 0 unspecified atom stereocenters. The molecule has 0 spiro atoms. The third-order valence-electron chi connectivity index (χ3n) is 3.25. The number of nitrogens with two attached hydrogens (primary N) is 2. The highest BCUT2D eigenvalue weighted by molar-refractivity contribution is 9.10. The minimum absolute atomic E-state index is 0.351. The molecule has 0 aliphatic carbocycles. The van der Waals surface area contributed by atoms with Crippen LogP contribution >= 0.6 is 27.7 Å². The van der Waals surface area contributed by atoms with E-state index in [2.05, 4.69) is 30.9 Å². The Morgan fingerprint density at radius 1 is 1.26 bits per heavy atom. The molecular weight excluding hydrogens is 380 g/mol. The molecule has 0 bridgehead atoms. The predicted octanol–water partition coefficient (Wildman–Crippen LogP) is 1.43. The fourth-order valence-electron chi connectivity index (χ4n) is 2.12. The highest BCUT2D eigenvalue weighted by Crippen LogP contribution is 2.19. The topological polar surface area (TPSA) is 102 Å². The molecule has 9 heteroatoms. The summed E-state index contributed by atoms with van der Waals surface area (Å²) in [5.74, 6) is 0.525. The zero-order chi connectivity index (χ0) is 16.2. The maximum atomic E-state index is 6.07. The number of rotatable bonds is 1. The summed E-state index contributed by atoms with van der Waals surface area (Å²) in [6.07, 6.45) is 1.73. The van der Waals surface area contributed by atoms with Crippen LogP contribution in [0.2, 0.25) is 0 Å². The van der Waals surface area contributed by atoms with Crippen LogP contribution in [-0.4, -0.2) is 51.2 Å². The van der Waals surface area contributed by atoms with Gasteiger partial charge in [-0.25, -0.2) is 9.98 Å². The van der Waals surface area contributed by atoms with E-state index >= 15 is 0 Å². The first-order valence-electron chi connectivity index (χ1n) is 7.01. The number of thioether (sulfide) groups is 1. The van der Waals surface area contributed by atoms with Crippen LogP contribution in [0.4, 0.5) is 5.82 Å². The van der Waals surface area contributed by atoms with Gasteiger partial charge in [0.05, 0.1) is 24.2 Å². The zero-order valence-corrected chi connectivity index (χ0v) is 14.7. The molecule has 0 amide bonds. The van der Waals surface area contributed by atoms with Crippen LogP contribution in [0.1, 0.15) is 0 Å². The number of halogens is 1. The van der Waals surface area contributed by atoms with Crippen LogP contribution < -0.4 is 11.5 Å². The fraction of sp³-hybridized carbons (Fsp3) is 0.286. The maximum absolute atomic E-state index is 6.07. The van der Waals surface area contributed by atoms with Gasteiger partial charge in [0.25, 0.3) is 0 Å². The Kier molecular flexibility index (Phi) is 5.09. The summed E-state index contributed by atoms with van der Waals surface area (Å²) >= 11 is 4.62. The quantitative estimate of drug-likeness (QED) is 0.430. The summed E-state index contributed by atoms with van der Waals surface area (Å²) in [6.45, 7) is 2.87. The largest absolute Gasteiger partial charge is 0.378 e. The van der Waals surface area contributed by atoms with E-state index in [0.29, 0.717) is 29.4 Å². The van der Waals surface area contributed by atoms with Gasteiger partial charge in [-0.2, -0.15) is 0 Å². The van der Waals surface area contributed by atoms with Crippen molar-refractivity contribution >= 4 is 54.9 Å². The average molecular weight is 396 g/mol. The lowest BCUT2D eigenvalue weighted by atomic mass is 10.3. The van der Waals surface area contributed by atoms with Crippen molar-refractivity contribution in [2.24, 2.45) is 16.5 Å². The number of amidine groups is 2. The normalized spacial score (nSPS) is 15.9. The molecule has 2 aromatic heterocycles. The lowest BCUT2D eigenvalue weighted by molar-refractivity contribution is -0.547. The van der Waals surface area contributed by atoms with Crippen LogP contribution in [0.3, 0.4) is 0 Å². The van der Waals surface area contributed by atoms with Gasteiger partial charge in [0, 0.05) is 22.4 Å². The fourth-order valence-corrected chi connectivity index (χ4v) is 3.11. The SMILES string of the molecule is NC(=Nc1ccc2ncc(Br)cc2n1)SC(N)=[N+]1CCOCC1. The molecule has 1 aliphatic rings. The second kappa shape index (κ2) is 7.24. The number of fused-ring (bicyclic) bond motifs is 1. The van der Waals surface area contributed by atoms with Crippen LogP contribution in [0.25, 0.3) is 11.0 Å². The molecule has 2 aromatic rings. The Bertz CT molecular complexity index is 786. The first-order chi connectivity index (χ1) is 11.1. The monoisotopic (exact) mass is 395 g/mol. The van der Waals surface area contributed by atoms with Crippen LogP contribution in [0.15, 0.2) is 33.9 Å². The molecule has 23 heavy (non-hydrogen) atoms. The summed E-state index contributed by atoms with van der Waals surface area (Å²) in [6, 6.07) is 5.53. The van der Waals surface area contributed by atoms with Crippen molar-refractivity contribution in [3.8, 4) is 0 Å². The van der Waals surface area contributed by atoms with E-state index in [1.165, 1.54) is 11.8 Å². The third-order valence-corrected chi connectivity index (χ3v) is 4.45. The lowest BCUT2D eigenvalue weighted by Crippen LogP contribution is -2.36. The highest BCUT2D eigenvalue weighted by atomic mass is 79.9. The Morgan fingerprint density at radius 3 is 2.83 bits per heavy atom.